The van der Waals surface area contributed by atoms with Crippen LogP contribution in [0.15, 0.2) is 109 Å². The molecular formula is C60H98O6. The van der Waals surface area contributed by atoms with E-state index in [0.29, 0.717) is 19.3 Å². The van der Waals surface area contributed by atoms with Gasteiger partial charge in [-0.05, 0) is 70.6 Å². The summed E-state index contributed by atoms with van der Waals surface area (Å²) >= 11 is 0. The summed E-state index contributed by atoms with van der Waals surface area (Å²) in [7, 11) is 0. The molecule has 0 aliphatic carbocycles. The molecule has 0 aromatic heterocycles. The summed E-state index contributed by atoms with van der Waals surface area (Å²) < 4.78 is 16.7. The second-order valence-corrected chi connectivity index (χ2v) is 17.5. The maximum Gasteiger partial charge on any atom is 0.306 e. The molecule has 0 bridgehead atoms. The van der Waals surface area contributed by atoms with Crippen LogP contribution >= 0.6 is 0 Å². The summed E-state index contributed by atoms with van der Waals surface area (Å²) in [5, 5.41) is 0. The molecule has 0 saturated heterocycles. The molecule has 6 nitrogen and oxygen atoms in total. The number of hydrogen-bond donors (Lipinski definition) is 0. The van der Waals surface area contributed by atoms with E-state index in [9.17, 15) is 14.4 Å². The minimum Gasteiger partial charge on any atom is -0.462 e. The van der Waals surface area contributed by atoms with E-state index in [1.807, 2.05) is 54.7 Å². The summed E-state index contributed by atoms with van der Waals surface area (Å²) in [6, 6.07) is 0. The largest absolute Gasteiger partial charge is 0.462 e. The Balaban J connectivity index is 4.47. The molecule has 0 aromatic carbocycles. The van der Waals surface area contributed by atoms with Gasteiger partial charge in [0.25, 0.3) is 0 Å². The number of carbonyl (C=O) groups excluding carboxylic acids is 3. The highest BCUT2D eigenvalue weighted by molar-refractivity contribution is 5.71. The topological polar surface area (TPSA) is 78.9 Å². The van der Waals surface area contributed by atoms with Crippen molar-refractivity contribution in [1.29, 1.82) is 0 Å². The fourth-order valence-corrected chi connectivity index (χ4v) is 7.17. The number of rotatable bonds is 47. The number of allylic oxidation sites excluding steroid dienone is 18. The quantitative estimate of drug-likeness (QED) is 0.0199. The summed E-state index contributed by atoms with van der Waals surface area (Å²) in [6.45, 7) is 6.31. The monoisotopic (exact) mass is 915 g/mol. The van der Waals surface area contributed by atoms with Crippen LogP contribution < -0.4 is 0 Å². The van der Waals surface area contributed by atoms with Crippen LogP contribution in [0.25, 0.3) is 0 Å². The Morgan fingerprint density at radius 1 is 0.333 bits per heavy atom. The van der Waals surface area contributed by atoms with Crippen molar-refractivity contribution in [2.24, 2.45) is 0 Å². The first-order valence-corrected chi connectivity index (χ1v) is 27.0. The first-order valence-electron chi connectivity index (χ1n) is 27.0. The van der Waals surface area contributed by atoms with Gasteiger partial charge < -0.3 is 14.2 Å². The van der Waals surface area contributed by atoms with Crippen LogP contribution in [0.1, 0.15) is 233 Å². The van der Waals surface area contributed by atoms with Gasteiger partial charge in [0.1, 0.15) is 13.2 Å². The summed E-state index contributed by atoms with van der Waals surface area (Å²) in [5.41, 5.74) is 0. The number of hydrogen-bond acceptors (Lipinski definition) is 6. The van der Waals surface area contributed by atoms with Gasteiger partial charge in [-0.1, -0.05) is 252 Å². The van der Waals surface area contributed by atoms with Gasteiger partial charge in [-0.2, -0.15) is 0 Å². The van der Waals surface area contributed by atoms with E-state index in [1.54, 1.807) is 0 Å². The van der Waals surface area contributed by atoms with E-state index in [0.717, 1.165) is 89.9 Å². The van der Waals surface area contributed by atoms with Gasteiger partial charge in [0.15, 0.2) is 6.10 Å². The van der Waals surface area contributed by atoms with Gasteiger partial charge in [-0.15, -0.1) is 0 Å². The molecule has 0 heterocycles. The fraction of sp³-hybridized carbons (Fsp3) is 0.650. The standard InChI is InChI=1S/C60H98O6/c1-4-7-10-13-16-19-22-25-27-29-30-31-33-35-38-41-44-47-50-53-59(62)65-56-57(55-64-58(61)52-49-46-43-40-37-34-24-21-18-15-12-9-6-3)66-60(63)54-51-48-45-42-39-36-32-28-26-23-20-17-14-11-8-5-2/h7,9-10,12,15-16,18-19,21,24-25,27,30-31,34,37,40,43,57H,4-6,8,11,13-14,17,20,22-23,26,28-29,32-33,35-36,38-39,41-42,44-56H2,1-3H3/b10-7+,12-9+,18-15+,19-16+,24-21+,27-25+,31-30+,37-34+,43-40+. The molecule has 0 rings (SSSR count). The second kappa shape index (κ2) is 53.7. The van der Waals surface area contributed by atoms with Crippen molar-refractivity contribution in [3.63, 3.8) is 0 Å². The van der Waals surface area contributed by atoms with Gasteiger partial charge in [0, 0.05) is 19.3 Å². The fourth-order valence-electron chi connectivity index (χ4n) is 7.17. The van der Waals surface area contributed by atoms with Crippen molar-refractivity contribution in [1.82, 2.24) is 0 Å². The highest BCUT2D eigenvalue weighted by Gasteiger charge is 2.19. The molecule has 0 aromatic rings. The number of unbranched alkanes of at least 4 members (excludes halogenated alkanes) is 22. The Morgan fingerprint density at radius 2 is 0.682 bits per heavy atom. The molecule has 0 fully saturated rings. The lowest BCUT2D eigenvalue weighted by atomic mass is 10.0. The highest BCUT2D eigenvalue weighted by atomic mass is 16.6. The van der Waals surface area contributed by atoms with Gasteiger partial charge >= 0.3 is 17.9 Å². The van der Waals surface area contributed by atoms with E-state index in [1.165, 1.54) is 96.3 Å². The third-order valence-electron chi connectivity index (χ3n) is 11.2. The first-order chi connectivity index (χ1) is 32.5. The van der Waals surface area contributed by atoms with E-state index in [4.69, 9.17) is 14.2 Å². The molecule has 374 valence electrons. The molecule has 1 atom stereocenters. The Morgan fingerprint density at radius 3 is 1.15 bits per heavy atom. The molecule has 66 heavy (non-hydrogen) atoms. The molecule has 0 saturated carbocycles. The first kappa shape index (κ1) is 62.1. The van der Waals surface area contributed by atoms with Crippen molar-refractivity contribution < 1.29 is 28.6 Å². The van der Waals surface area contributed by atoms with Crippen molar-refractivity contribution >= 4 is 17.9 Å². The average Bonchev–Trinajstić information content (AvgIpc) is 3.31. The molecule has 0 amide bonds. The van der Waals surface area contributed by atoms with Gasteiger partial charge in [-0.25, -0.2) is 0 Å². The van der Waals surface area contributed by atoms with Crippen LogP contribution in [0, 0.1) is 0 Å². The molecule has 0 radical (unpaired) electrons. The van der Waals surface area contributed by atoms with Crippen molar-refractivity contribution in [3.05, 3.63) is 109 Å². The second-order valence-electron chi connectivity index (χ2n) is 17.5. The zero-order valence-electron chi connectivity index (χ0n) is 42.7. The zero-order chi connectivity index (χ0) is 47.9. The lowest BCUT2D eigenvalue weighted by Crippen LogP contribution is -2.30. The van der Waals surface area contributed by atoms with Crippen LogP contribution in [-0.2, 0) is 28.6 Å². The van der Waals surface area contributed by atoms with Crippen LogP contribution in [-0.4, -0.2) is 37.2 Å². The Hall–Kier alpha value is -3.93. The molecule has 0 N–H and O–H groups in total. The maximum atomic E-state index is 12.8. The van der Waals surface area contributed by atoms with Crippen molar-refractivity contribution in [3.8, 4) is 0 Å². The average molecular weight is 915 g/mol. The minimum atomic E-state index is -0.813. The van der Waals surface area contributed by atoms with Gasteiger partial charge in [-0.3, -0.25) is 14.4 Å². The lowest BCUT2D eigenvalue weighted by molar-refractivity contribution is -0.167. The maximum absolute atomic E-state index is 12.8. The molecule has 0 spiro atoms. The SMILES string of the molecule is CC/C=C/C=C/C=C/C=C/C=C/CCCC(=O)OCC(COC(=O)CCCCCCCC/C=C/C/C=C/C/C=C/C/C=C/CC)OC(=O)CCCCCCCCCCCCCCCCCC. The van der Waals surface area contributed by atoms with E-state index < -0.39 is 6.10 Å². The van der Waals surface area contributed by atoms with Crippen LogP contribution in [0.5, 0.6) is 0 Å². The van der Waals surface area contributed by atoms with Crippen molar-refractivity contribution in [2.45, 2.75) is 239 Å². The van der Waals surface area contributed by atoms with E-state index in [-0.39, 0.29) is 37.5 Å². The highest BCUT2D eigenvalue weighted by Crippen LogP contribution is 2.15. The van der Waals surface area contributed by atoms with Gasteiger partial charge in [0.2, 0.25) is 0 Å². The summed E-state index contributed by atoms with van der Waals surface area (Å²) in [5.74, 6) is -0.997. The van der Waals surface area contributed by atoms with Crippen molar-refractivity contribution in [2.75, 3.05) is 13.2 Å². The molecule has 6 heteroatoms. The Bertz CT molecular complexity index is 1370. The number of esters is 3. The molecule has 0 aliphatic rings. The molecule has 0 aliphatic heterocycles. The molecular weight excluding hydrogens is 817 g/mol. The lowest BCUT2D eigenvalue weighted by Gasteiger charge is -2.18. The number of ether oxygens (including phenoxy) is 3. The molecule has 1 unspecified atom stereocenters. The van der Waals surface area contributed by atoms with Gasteiger partial charge in [0.05, 0.1) is 0 Å². The van der Waals surface area contributed by atoms with Crippen LogP contribution in [0.4, 0.5) is 0 Å². The van der Waals surface area contributed by atoms with E-state index in [2.05, 4.69) is 75.5 Å². The Labute approximate surface area is 406 Å². The summed E-state index contributed by atoms with van der Waals surface area (Å²) in [4.78, 5) is 38.0. The minimum absolute atomic E-state index is 0.108. The summed E-state index contributed by atoms with van der Waals surface area (Å²) in [6.07, 6.45) is 72.2. The van der Waals surface area contributed by atoms with Crippen LogP contribution in [0.2, 0.25) is 0 Å². The van der Waals surface area contributed by atoms with Crippen LogP contribution in [0.3, 0.4) is 0 Å². The smallest absolute Gasteiger partial charge is 0.306 e. The third kappa shape index (κ3) is 51.1. The zero-order valence-corrected chi connectivity index (χ0v) is 42.7. The van der Waals surface area contributed by atoms with E-state index >= 15 is 0 Å². The predicted octanol–water partition coefficient (Wildman–Crippen LogP) is 17.9. The Kier molecular flexibility index (Phi) is 50.5. The normalized spacial score (nSPS) is 13.0. The third-order valence-corrected chi connectivity index (χ3v) is 11.2. The number of carbonyl (C=O) groups is 3. The predicted molar refractivity (Wildman–Crippen MR) is 283 cm³/mol.